The van der Waals surface area contributed by atoms with Gasteiger partial charge in [-0.25, -0.2) is 0 Å². The van der Waals surface area contributed by atoms with Crippen molar-refractivity contribution in [2.24, 2.45) is 0 Å². The first-order valence-electron chi connectivity index (χ1n) is 37.7. The summed E-state index contributed by atoms with van der Waals surface area (Å²) in [7, 11) is 0. The summed E-state index contributed by atoms with van der Waals surface area (Å²) in [4.78, 5) is 122. The molecular formula is C74H122O26. The lowest BCUT2D eigenvalue weighted by Crippen LogP contribution is -2.68. The van der Waals surface area contributed by atoms with Crippen LogP contribution in [-0.4, -0.2) is 183 Å². The van der Waals surface area contributed by atoms with E-state index < -0.39 is 177 Å². The molecule has 5 aliphatic heterocycles. The molecular weight excluding hydrogens is 1300 g/mol. The summed E-state index contributed by atoms with van der Waals surface area (Å²) in [5.41, 5.74) is 0. The van der Waals surface area contributed by atoms with Crippen molar-refractivity contribution in [3.8, 4) is 0 Å². The summed E-state index contributed by atoms with van der Waals surface area (Å²) in [5, 5.41) is 0. The van der Waals surface area contributed by atoms with Crippen molar-refractivity contribution in [2.75, 3.05) is 0 Å². The van der Waals surface area contributed by atoms with E-state index in [1.54, 1.807) is 20.8 Å². The molecule has 26 heteroatoms. The maximum absolute atomic E-state index is 14.4. The van der Waals surface area contributed by atoms with Gasteiger partial charge >= 0.3 is 53.7 Å². The molecule has 5 rings (SSSR count). The van der Waals surface area contributed by atoms with E-state index in [1.165, 1.54) is 33.6 Å². The Hall–Kier alpha value is -5.09. The molecule has 26 nitrogen and oxygen atoms in total. The molecule has 5 saturated heterocycles. The fourth-order valence-corrected chi connectivity index (χ4v) is 13.8. The van der Waals surface area contributed by atoms with Crippen LogP contribution < -0.4 is 0 Å². The molecule has 0 amide bonds. The van der Waals surface area contributed by atoms with Crippen LogP contribution in [0, 0.1) is 0 Å². The maximum atomic E-state index is 14.4. The molecule has 21 atom stereocenters. The van der Waals surface area contributed by atoms with Gasteiger partial charge in [-0.1, -0.05) is 168 Å². The Labute approximate surface area is 593 Å². The maximum Gasteiger partial charge on any atom is 0.306 e. The van der Waals surface area contributed by atoms with Crippen molar-refractivity contribution in [3.05, 3.63) is 0 Å². The Morgan fingerprint density at radius 3 is 1.18 bits per heavy atom. The fourth-order valence-electron chi connectivity index (χ4n) is 13.8. The minimum Gasteiger partial charge on any atom is -0.456 e. The molecule has 0 spiro atoms. The van der Waals surface area contributed by atoms with Gasteiger partial charge < -0.3 is 80.5 Å². The molecule has 5 aliphatic rings. The first-order valence-corrected chi connectivity index (χ1v) is 37.7. The van der Waals surface area contributed by atoms with Crippen LogP contribution in [0.3, 0.4) is 0 Å². The number of hydrogen-bond donors (Lipinski definition) is 0. The fraction of sp³-hybridized carbons (Fsp3) is 0.878. The topological polar surface area (TPSA) is 311 Å². The summed E-state index contributed by atoms with van der Waals surface area (Å²) in [6, 6.07) is 0. The highest BCUT2D eigenvalue weighted by atomic mass is 16.8. The molecule has 5 heterocycles. The zero-order valence-electron chi connectivity index (χ0n) is 62.2. The molecule has 0 aromatic rings. The molecule has 5 fully saturated rings. The van der Waals surface area contributed by atoms with Crippen molar-refractivity contribution >= 4 is 53.7 Å². The third-order valence-corrected chi connectivity index (χ3v) is 18.7. The summed E-state index contributed by atoms with van der Waals surface area (Å²) in [6.45, 7) is 19.6. The lowest BCUT2D eigenvalue weighted by Gasteiger charge is -2.51. The van der Waals surface area contributed by atoms with Crippen molar-refractivity contribution in [1.82, 2.24) is 0 Å². The van der Waals surface area contributed by atoms with Gasteiger partial charge in [-0.15, -0.1) is 0 Å². The summed E-state index contributed by atoms with van der Waals surface area (Å²) >= 11 is 0. The number of carbonyl (C=O) groups excluding carboxylic acids is 9. The number of carbonyl (C=O) groups is 9. The summed E-state index contributed by atoms with van der Waals surface area (Å²) in [5.74, 6) is -6.94. The molecule has 100 heavy (non-hydrogen) atoms. The van der Waals surface area contributed by atoms with Crippen molar-refractivity contribution in [3.63, 3.8) is 0 Å². The average molecular weight is 1430 g/mol. The zero-order chi connectivity index (χ0) is 73.3. The van der Waals surface area contributed by atoms with E-state index in [0.29, 0.717) is 44.9 Å². The van der Waals surface area contributed by atoms with Crippen LogP contribution in [-0.2, 0) is 124 Å². The van der Waals surface area contributed by atoms with Crippen molar-refractivity contribution in [1.29, 1.82) is 0 Å². The van der Waals surface area contributed by atoms with Gasteiger partial charge in [0.1, 0.15) is 12.2 Å². The Kier molecular flexibility index (Phi) is 39.3. The van der Waals surface area contributed by atoms with Gasteiger partial charge in [0.05, 0.1) is 30.5 Å². The number of unbranched alkanes of at least 4 members (excludes halogenated alkanes) is 16. The Morgan fingerprint density at radius 2 is 0.680 bits per heavy atom. The second-order valence-corrected chi connectivity index (χ2v) is 27.7. The number of esters is 9. The molecule has 0 aromatic heterocycles. The highest BCUT2D eigenvalue weighted by Crippen LogP contribution is 2.41. The molecule has 0 N–H and O–H groups in total. The number of ether oxygens (including phenoxy) is 17. The zero-order valence-corrected chi connectivity index (χ0v) is 62.2. The van der Waals surface area contributed by atoms with Crippen LogP contribution in [0.5, 0.6) is 0 Å². The second-order valence-electron chi connectivity index (χ2n) is 27.7. The smallest absolute Gasteiger partial charge is 0.306 e. The minimum absolute atomic E-state index is 0.0586. The lowest BCUT2D eigenvalue weighted by molar-refractivity contribution is -0.388. The van der Waals surface area contributed by atoms with E-state index in [0.717, 1.165) is 150 Å². The van der Waals surface area contributed by atoms with Crippen molar-refractivity contribution in [2.45, 2.75) is 418 Å². The monoisotopic (exact) mass is 1430 g/mol. The van der Waals surface area contributed by atoms with E-state index in [4.69, 9.17) is 80.5 Å². The quantitative estimate of drug-likeness (QED) is 0.0328. The summed E-state index contributed by atoms with van der Waals surface area (Å²) < 4.78 is 108. The Bertz CT molecular complexity index is 2480. The third kappa shape index (κ3) is 29.2. The number of rotatable bonds is 34. The van der Waals surface area contributed by atoms with E-state index in [2.05, 4.69) is 20.8 Å². The molecule has 0 bridgehead atoms. The Morgan fingerprint density at radius 1 is 0.340 bits per heavy atom. The first-order chi connectivity index (χ1) is 47.8. The van der Waals surface area contributed by atoms with Gasteiger partial charge in [-0.05, 0) is 59.8 Å². The van der Waals surface area contributed by atoms with Gasteiger partial charge in [-0.3, -0.25) is 43.2 Å². The lowest BCUT2D eigenvalue weighted by atomic mass is 9.95. The highest BCUT2D eigenvalue weighted by Gasteiger charge is 2.60. The van der Waals surface area contributed by atoms with Gasteiger partial charge in [0.15, 0.2) is 86.2 Å². The minimum atomic E-state index is -1.76. The first kappa shape index (κ1) is 85.6. The predicted molar refractivity (Wildman–Crippen MR) is 360 cm³/mol. The largest absolute Gasteiger partial charge is 0.456 e. The average Bonchev–Trinajstić information content (AvgIpc) is 0.767. The molecule has 0 radical (unpaired) electrons. The predicted octanol–water partition coefficient (Wildman–Crippen LogP) is 12.0. The molecule has 0 aliphatic carbocycles. The van der Waals surface area contributed by atoms with E-state index in [9.17, 15) is 43.2 Å². The van der Waals surface area contributed by atoms with Gasteiger partial charge in [-0.2, -0.15) is 0 Å². The van der Waals surface area contributed by atoms with Gasteiger partial charge in [0.2, 0.25) is 0 Å². The van der Waals surface area contributed by atoms with Crippen molar-refractivity contribution < 1.29 is 124 Å². The van der Waals surface area contributed by atoms with Crippen LogP contribution in [0.1, 0.15) is 289 Å². The SMILES string of the molecule is CCCCCCCCCCCC(=O)O[C@@H]1[C@@H](OC(C)=O)[C@@H](OC(C)=O)[C@H](O[C@@H]2[C@@H](OC(C)=O)[C@@H](OC(=O)CCCCCCCCC)[C@H](O[C@@H]3[C@@H](OC(C)=O)[C@H]4OC(=O)CCCCCCCCC[C@H](CCCCC)O[C@@H]5O[C@H](C)[C@H](OC(C)=O)[C@H](OC(C)=O)[C@H]5O[C@@H]4O[C@H]3C)O[C@H]2C)O[C@H]1C. The standard InChI is InChI=1S/C74H122O26/c1-14-17-20-22-24-25-29-33-37-42-56(81)95-60-46(5)85-72(67(93-54(13)80)64(60)90-51(10)77)98-61-47(6)86-73(68(65(61)91-52(11)78)96-57(82)43-38-32-27-23-21-18-15-2)99-62-48(7)87-74-69(66(62)92-53(12)79)97-58(83)44-39-34-30-26-28-31-36-41-55(40-35-19-16-3)94-71-70(100-74)63(89-50(9)76)59(45(4)84-71)88-49(8)75/h45-48,55,59-74H,14-44H2,1-13H3/t45-,46+,47+,48+,55+,59+,60+,61+,62+,63+,64-,65-,66-,67-,68-,69-,70-,71+,72+,73+,74+/m1/s1. The van der Waals surface area contributed by atoms with Crippen LogP contribution in [0.15, 0.2) is 0 Å². The number of fused-ring (bicyclic) bond motifs is 2. The molecule has 0 aromatic carbocycles. The van der Waals surface area contributed by atoms with Crippen LogP contribution in [0.4, 0.5) is 0 Å². The molecule has 0 saturated carbocycles. The molecule has 0 unspecified atom stereocenters. The van der Waals surface area contributed by atoms with Gasteiger partial charge in [0.25, 0.3) is 0 Å². The Balaban J connectivity index is 1.58. The second kappa shape index (κ2) is 45.9. The third-order valence-electron chi connectivity index (χ3n) is 18.7. The van der Waals surface area contributed by atoms with Gasteiger partial charge in [0, 0.05) is 60.8 Å². The van der Waals surface area contributed by atoms with Crippen LogP contribution in [0.2, 0.25) is 0 Å². The number of hydrogen-bond acceptors (Lipinski definition) is 26. The van der Waals surface area contributed by atoms with E-state index in [1.807, 2.05) is 0 Å². The summed E-state index contributed by atoms with van der Waals surface area (Å²) in [6.07, 6.45) is -4.73. The highest BCUT2D eigenvalue weighted by molar-refractivity contribution is 5.72. The van der Waals surface area contributed by atoms with Crippen LogP contribution in [0.25, 0.3) is 0 Å². The molecule has 574 valence electrons. The van der Waals surface area contributed by atoms with Crippen LogP contribution >= 0.6 is 0 Å². The van der Waals surface area contributed by atoms with E-state index >= 15 is 0 Å². The van der Waals surface area contributed by atoms with E-state index in [-0.39, 0.29) is 25.4 Å². The normalized spacial score (nSPS) is 32.3.